The number of aliphatic hydroxyl groups is 1. The van der Waals surface area contributed by atoms with Gasteiger partial charge in [0.2, 0.25) is 5.91 Å². The van der Waals surface area contributed by atoms with Crippen molar-refractivity contribution in [3.8, 4) is 0 Å². The molecule has 0 radical (unpaired) electrons. The highest BCUT2D eigenvalue weighted by Gasteiger charge is 2.33. The Morgan fingerprint density at radius 1 is 1.38 bits per heavy atom. The molecule has 3 N–H and O–H groups in total. The molecule has 1 amide bonds. The molecule has 0 aromatic heterocycles. The zero-order chi connectivity index (χ0) is 15.3. The normalized spacial score (nSPS) is 19.0. The first-order valence-corrected chi connectivity index (χ1v) is 7.35. The Balaban J connectivity index is 1.89. The number of ether oxygens (including phenoxy) is 1. The molecule has 1 atom stereocenters. The Bertz CT molecular complexity index is 458. The number of amides is 1. The van der Waals surface area contributed by atoms with Gasteiger partial charge in [-0.1, -0.05) is 30.3 Å². The highest BCUT2D eigenvalue weighted by atomic mass is 16.5. The van der Waals surface area contributed by atoms with E-state index in [2.05, 4.69) is 0 Å². The fourth-order valence-electron chi connectivity index (χ4n) is 2.67. The molecular weight excluding hydrogens is 268 g/mol. The Morgan fingerprint density at radius 2 is 2.00 bits per heavy atom. The van der Waals surface area contributed by atoms with Crippen LogP contribution in [0.4, 0.5) is 0 Å². The molecule has 2 rings (SSSR count). The van der Waals surface area contributed by atoms with E-state index in [1.54, 1.807) is 11.9 Å². The number of nitrogens with zero attached hydrogens (tertiary/aromatic N) is 1. The lowest BCUT2D eigenvalue weighted by molar-refractivity contribution is -0.138. The van der Waals surface area contributed by atoms with E-state index in [0.717, 1.165) is 5.56 Å². The average Bonchev–Trinajstić information content (AvgIpc) is 2.47. The van der Waals surface area contributed by atoms with Crippen molar-refractivity contribution in [2.75, 3.05) is 26.8 Å². The second-order valence-corrected chi connectivity index (χ2v) is 5.83. The van der Waals surface area contributed by atoms with Crippen LogP contribution >= 0.6 is 0 Å². The molecule has 1 saturated heterocycles. The van der Waals surface area contributed by atoms with E-state index in [1.165, 1.54) is 0 Å². The molecule has 1 unspecified atom stereocenters. The first-order chi connectivity index (χ1) is 10.0. The van der Waals surface area contributed by atoms with Crippen LogP contribution in [-0.4, -0.2) is 54.4 Å². The molecule has 1 aromatic rings. The fraction of sp³-hybridized carbons (Fsp3) is 0.562. The largest absolute Gasteiger partial charge is 0.388 e. The SMILES string of the molecule is CN(CC1(O)CCOCC1)C(=O)C(N)Cc1ccccc1. The van der Waals surface area contributed by atoms with E-state index in [0.29, 0.717) is 39.0 Å². The number of hydrogen-bond donors (Lipinski definition) is 2. The lowest BCUT2D eigenvalue weighted by Crippen LogP contribution is -2.51. The molecule has 116 valence electrons. The zero-order valence-electron chi connectivity index (χ0n) is 12.5. The molecule has 0 bridgehead atoms. The van der Waals surface area contributed by atoms with Gasteiger partial charge in [0, 0.05) is 39.6 Å². The van der Waals surface area contributed by atoms with E-state index in [1.807, 2.05) is 30.3 Å². The molecule has 0 aliphatic carbocycles. The Morgan fingerprint density at radius 3 is 2.62 bits per heavy atom. The van der Waals surface area contributed by atoms with Gasteiger partial charge in [0.15, 0.2) is 0 Å². The topological polar surface area (TPSA) is 75.8 Å². The highest BCUT2D eigenvalue weighted by Crippen LogP contribution is 2.21. The average molecular weight is 292 g/mol. The Labute approximate surface area is 125 Å². The summed E-state index contributed by atoms with van der Waals surface area (Å²) in [6, 6.07) is 9.13. The minimum atomic E-state index is -0.852. The van der Waals surface area contributed by atoms with Crippen LogP contribution in [0.5, 0.6) is 0 Å². The van der Waals surface area contributed by atoms with Crippen molar-refractivity contribution in [3.05, 3.63) is 35.9 Å². The van der Waals surface area contributed by atoms with Gasteiger partial charge in [-0.05, 0) is 12.0 Å². The van der Waals surface area contributed by atoms with Gasteiger partial charge in [0.05, 0.1) is 11.6 Å². The second kappa shape index (κ2) is 7.02. The van der Waals surface area contributed by atoms with Crippen molar-refractivity contribution in [2.24, 2.45) is 5.73 Å². The molecule has 21 heavy (non-hydrogen) atoms. The van der Waals surface area contributed by atoms with Crippen molar-refractivity contribution in [1.82, 2.24) is 4.90 Å². The summed E-state index contributed by atoms with van der Waals surface area (Å²) in [6.07, 6.45) is 1.61. The van der Waals surface area contributed by atoms with Gasteiger partial charge in [-0.15, -0.1) is 0 Å². The molecule has 5 nitrogen and oxygen atoms in total. The van der Waals surface area contributed by atoms with Crippen LogP contribution in [0.3, 0.4) is 0 Å². The standard InChI is InChI=1S/C16H24N2O3/c1-18(12-16(20)7-9-21-10-8-16)15(19)14(17)11-13-5-3-2-4-6-13/h2-6,14,20H,7-12,17H2,1H3. The van der Waals surface area contributed by atoms with Gasteiger partial charge in [-0.2, -0.15) is 0 Å². The van der Waals surface area contributed by atoms with Crippen LogP contribution in [0.2, 0.25) is 0 Å². The van der Waals surface area contributed by atoms with Crippen LogP contribution < -0.4 is 5.73 Å². The molecule has 5 heteroatoms. The van der Waals surface area contributed by atoms with Gasteiger partial charge >= 0.3 is 0 Å². The second-order valence-electron chi connectivity index (χ2n) is 5.83. The molecule has 1 aromatic carbocycles. The summed E-state index contributed by atoms with van der Waals surface area (Å²) in [5, 5.41) is 10.4. The van der Waals surface area contributed by atoms with Crippen molar-refractivity contribution in [3.63, 3.8) is 0 Å². The summed E-state index contributed by atoms with van der Waals surface area (Å²) in [5.41, 5.74) is 6.19. The van der Waals surface area contributed by atoms with Crippen molar-refractivity contribution < 1.29 is 14.6 Å². The molecule has 0 saturated carbocycles. The monoisotopic (exact) mass is 292 g/mol. The predicted octanol–water partition coefficient (Wildman–Crippen LogP) is 0.556. The van der Waals surface area contributed by atoms with Crippen molar-refractivity contribution in [1.29, 1.82) is 0 Å². The molecule has 1 heterocycles. The fourth-order valence-corrected chi connectivity index (χ4v) is 2.67. The number of benzene rings is 1. The van der Waals surface area contributed by atoms with Gasteiger partial charge in [0.25, 0.3) is 0 Å². The quantitative estimate of drug-likeness (QED) is 0.831. The van der Waals surface area contributed by atoms with Crippen LogP contribution in [0.25, 0.3) is 0 Å². The summed E-state index contributed by atoms with van der Waals surface area (Å²) in [6.45, 7) is 1.38. The third-order valence-electron chi connectivity index (χ3n) is 3.95. The van der Waals surface area contributed by atoms with E-state index < -0.39 is 11.6 Å². The number of carbonyl (C=O) groups excluding carboxylic acids is 1. The molecule has 1 aliphatic rings. The molecule has 1 fully saturated rings. The van der Waals surface area contributed by atoms with Crippen molar-refractivity contribution >= 4 is 5.91 Å². The predicted molar refractivity (Wildman–Crippen MR) is 80.8 cm³/mol. The molecule has 0 spiro atoms. The maximum Gasteiger partial charge on any atom is 0.239 e. The van der Waals surface area contributed by atoms with Gasteiger partial charge in [-0.3, -0.25) is 4.79 Å². The highest BCUT2D eigenvalue weighted by molar-refractivity contribution is 5.81. The minimum Gasteiger partial charge on any atom is -0.388 e. The summed E-state index contributed by atoms with van der Waals surface area (Å²) in [7, 11) is 1.70. The lowest BCUT2D eigenvalue weighted by Gasteiger charge is -2.36. The van der Waals surface area contributed by atoms with Gasteiger partial charge in [-0.25, -0.2) is 0 Å². The van der Waals surface area contributed by atoms with Crippen molar-refractivity contribution in [2.45, 2.75) is 30.9 Å². The first kappa shape index (κ1) is 15.9. The third kappa shape index (κ3) is 4.52. The minimum absolute atomic E-state index is 0.140. The van der Waals surface area contributed by atoms with E-state index >= 15 is 0 Å². The number of carbonyl (C=O) groups is 1. The van der Waals surface area contributed by atoms with E-state index in [9.17, 15) is 9.90 Å². The maximum absolute atomic E-state index is 12.3. The zero-order valence-corrected chi connectivity index (χ0v) is 12.5. The first-order valence-electron chi connectivity index (χ1n) is 7.35. The maximum atomic E-state index is 12.3. The lowest BCUT2D eigenvalue weighted by atomic mass is 9.93. The van der Waals surface area contributed by atoms with Crippen LogP contribution in [0.1, 0.15) is 18.4 Å². The molecule has 1 aliphatic heterocycles. The van der Waals surface area contributed by atoms with Gasteiger partial charge in [0.1, 0.15) is 0 Å². The summed E-state index contributed by atoms with van der Waals surface area (Å²) in [5.74, 6) is -0.140. The number of likely N-dealkylation sites (N-methyl/N-ethyl adjacent to an activating group) is 1. The smallest absolute Gasteiger partial charge is 0.239 e. The summed E-state index contributed by atoms with van der Waals surface area (Å²) < 4.78 is 5.25. The van der Waals surface area contributed by atoms with E-state index in [4.69, 9.17) is 10.5 Å². The number of nitrogens with two attached hydrogens (primary N) is 1. The summed E-state index contributed by atoms with van der Waals surface area (Å²) in [4.78, 5) is 13.9. The third-order valence-corrected chi connectivity index (χ3v) is 3.95. The van der Waals surface area contributed by atoms with E-state index in [-0.39, 0.29) is 5.91 Å². The summed E-state index contributed by atoms with van der Waals surface area (Å²) >= 11 is 0. The number of rotatable bonds is 5. The van der Waals surface area contributed by atoms with Gasteiger partial charge < -0.3 is 20.5 Å². The van der Waals surface area contributed by atoms with Crippen LogP contribution in [0, 0.1) is 0 Å². The Kier molecular flexibility index (Phi) is 5.33. The number of hydrogen-bond acceptors (Lipinski definition) is 4. The Hall–Kier alpha value is -1.43. The van der Waals surface area contributed by atoms with Crippen LogP contribution in [0.15, 0.2) is 30.3 Å². The molecular formula is C16H24N2O3. The van der Waals surface area contributed by atoms with Crippen LogP contribution in [-0.2, 0) is 16.0 Å².